The van der Waals surface area contributed by atoms with Gasteiger partial charge in [0.15, 0.2) is 0 Å². The molecule has 3 heteroatoms. The number of halogens is 1. The molecule has 2 N–H and O–H groups in total. The minimum atomic E-state index is -0.399. The minimum Gasteiger partial charge on any atom is -0.389 e. The van der Waals surface area contributed by atoms with Crippen molar-refractivity contribution in [2.45, 2.75) is 50.2 Å². The molecule has 3 rings (SSSR count). The molecular formula is C16H22BrNO. The van der Waals surface area contributed by atoms with Gasteiger partial charge in [-0.25, -0.2) is 0 Å². The number of nitrogens with one attached hydrogen (secondary N) is 1. The quantitative estimate of drug-likeness (QED) is 0.875. The molecule has 1 aromatic rings. The number of aliphatic hydroxyl groups is 1. The summed E-state index contributed by atoms with van der Waals surface area (Å²) in [5.74, 6) is 0.429. The topological polar surface area (TPSA) is 32.3 Å². The summed E-state index contributed by atoms with van der Waals surface area (Å²) in [4.78, 5) is 0. The lowest BCUT2D eigenvalue weighted by atomic mass is 9.67. The van der Waals surface area contributed by atoms with Crippen molar-refractivity contribution in [1.82, 2.24) is 5.32 Å². The summed E-state index contributed by atoms with van der Waals surface area (Å²) in [6, 6.07) is 9.00. The Hall–Kier alpha value is -0.380. The Balaban J connectivity index is 1.74. The second-order valence-corrected chi connectivity index (χ2v) is 7.01. The van der Waals surface area contributed by atoms with E-state index in [4.69, 9.17) is 0 Å². The molecule has 0 spiro atoms. The highest BCUT2D eigenvalue weighted by molar-refractivity contribution is 9.10. The van der Waals surface area contributed by atoms with Crippen LogP contribution >= 0.6 is 15.9 Å². The van der Waals surface area contributed by atoms with Crippen molar-refractivity contribution in [3.05, 3.63) is 34.3 Å². The molecule has 2 aliphatic rings. The Labute approximate surface area is 123 Å². The van der Waals surface area contributed by atoms with Gasteiger partial charge in [0.25, 0.3) is 0 Å². The van der Waals surface area contributed by atoms with Gasteiger partial charge in [-0.2, -0.15) is 0 Å². The van der Waals surface area contributed by atoms with Gasteiger partial charge >= 0.3 is 0 Å². The standard InChI is InChI=1S/C16H22BrNO/c17-13-6-4-12(5-7-13)11-15-14-3-1-2-8-16(14,19)9-10-18-15/h4-7,14-15,18-19H,1-3,8-11H2. The van der Waals surface area contributed by atoms with Gasteiger partial charge in [-0.15, -0.1) is 0 Å². The molecule has 2 fully saturated rings. The Morgan fingerprint density at radius 1 is 1.21 bits per heavy atom. The van der Waals surface area contributed by atoms with Gasteiger partial charge in [0.1, 0.15) is 0 Å². The second-order valence-electron chi connectivity index (χ2n) is 6.10. The van der Waals surface area contributed by atoms with Crippen molar-refractivity contribution in [2.75, 3.05) is 6.54 Å². The Bertz CT molecular complexity index is 429. The van der Waals surface area contributed by atoms with E-state index in [1.54, 1.807) is 0 Å². The summed E-state index contributed by atoms with van der Waals surface area (Å²) in [6.45, 7) is 0.953. The summed E-state index contributed by atoms with van der Waals surface area (Å²) >= 11 is 3.48. The molecule has 1 aliphatic heterocycles. The van der Waals surface area contributed by atoms with Crippen LogP contribution in [0.5, 0.6) is 0 Å². The zero-order valence-corrected chi connectivity index (χ0v) is 12.8. The molecular weight excluding hydrogens is 302 g/mol. The van der Waals surface area contributed by atoms with E-state index >= 15 is 0 Å². The zero-order valence-electron chi connectivity index (χ0n) is 11.2. The Morgan fingerprint density at radius 3 is 2.79 bits per heavy atom. The molecule has 1 aromatic carbocycles. The van der Waals surface area contributed by atoms with Gasteiger partial charge in [-0.3, -0.25) is 0 Å². The van der Waals surface area contributed by atoms with Crippen LogP contribution in [-0.2, 0) is 6.42 Å². The first-order valence-electron chi connectivity index (χ1n) is 7.38. The normalized spacial score (nSPS) is 34.8. The first kappa shape index (κ1) is 13.6. The summed E-state index contributed by atoms with van der Waals surface area (Å²) in [5.41, 5.74) is 0.958. The van der Waals surface area contributed by atoms with Gasteiger partial charge in [0.2, 0.25) is 0 Å². The molecule has 1 heterocycles. The molecule has 104 valence electrons. The predicted molar refractivity (Wildman–Crippen MR) is 81.2 cm³/mol. The fraction of sp³-hybridized carbons (Fsp3) is 0.625. The summed E-state index contributed by atoms with van der Waals surface area (Å²) in [6.07, 6.45) is 6.58. The molecule has 3 unspecified atom stereocenters. The maximum absolute atomic E-state index is 10.8. The molecule has 0 radical (unpaired) electrons. The average molecular weight is 324 g/mol. The third kappa shape index (κ3) is 2.88. The van der Waals surface area contributed by atoms with Crippen LogP contribution in [0.25, 0.3) is 0 Å². The van der Waals surface area contributed by atoms with E-state index in [0.717, 1.165) is 30.3 Å². The molecule has 1 saturated heterocycles. The summed E-state index contributed by atoms with van der Waals surface area (Å²) in [5, 5.41) is 14.5. The molecule has 3 atom stereocenters. The van der Waals surface area contributed by atoms with Crippen LogP contribution in [0.4, 0.5) is 0 Å². The number of benzene rings is 1. The van der Waals surface area contributed by atoms with Gasteiger partial charge in [0, 0.05) is 16.4 Å². The highest BCUT2D eigenvalue weighted by Gasteiger charge is 2.45. The van der Waals surface area contributed by atoms with Crippen molar-refractivity contribution in [1.29, 1.82) is 0 Å². The zero-order chi connectivity index (χ0) is 13.3. The lowest BCUT2D eigenvalue weighted by Crippen LogP contribution is -2.58. The van der Waals surface area contributed by atoms with Crippen molar-refractivity contribution in [3.63, 3.8) is 0 Å². The van der Waals surface area contributed by atoms with E-state index in [0.29, 0.717) is 12.0 Å². The van der Waals surface area contributed by atoms with E-state index in [-0.39, 0.29) is 0 Å². The summed E-state index contributed by atoms with van der Waals surface area (Å²) in [7, 11) is 0. The van der Waals surface area contributed by atoms with Gasteiger partial charge in [-0.05, 0) is 49.9 Å². The van der Waals surface area contributed by atoms with Crippen LogP contribution in [0.3, 0.4) is 0 Å². The van der Waals surface area contributed by atoms with Crippen molar-refractivity contribution in [2.24, 2.45) is 5.92 Å². The second kappa shape index (κ2) is 5.55. The van der Waals surface area contributed by atoms with E-state index in [2.05, 4.69) is 45.5 Å². The SMILES string of the molecule is OC12CCCCC1C(Cc1ccc(Br)cc1)NCC2. The van der Waals surface area contributed by atoms with E-state index < -0.39 is 5.60 Å². The highest BCUT2D eigenvalue weighted by Crippen LogP contribution is 2.41. The van der Waals surface area contributed by atoms with Gasteiger partial charge < -0.3 is 10.4 Å². The summed E-state index contributed by atoms with van der Waals surface area (Å²) < 4.78 is 1.13. The molecule has 1 aliphatic carbocycles. The third-order valence-corrected chi connectivity index (χ3v) is 5.41. The van der Waals surface area contributed by atoms with Crippen molar-refractivity contribution < 1.29 is 5.11 Å². The van der Waals surface area contributed by atoms with Crippen LogP contribution in [-0.4, -0.2) is 23.3 Å². The fourth-order valence-corrected chi connectivity index (χ4v) is 4.10. The average Bonchev–Trinajstić information content (AvgIpc) is 2.41. The predicted octanol–water partition coefficient (Wildman–Crippen LogP) is 3.27. The maximum atomic E-state index is 10.8. The first-order chi connectivity index (χ1) is 9.17. The largest absolute Gasteiger partial charge is 0.389 e. The molecule has 1 saturated carbocycles. The number of fused-ring (bicyclic) bond motifs is 1. The van der Waals surface area contributed by atoms with Gasteiger partial charge in [-0.1, -0.05) is 40.9 Å². The Kier molecular flexibility index (Phi) is 3.97. The number of rotatable bonds is 2. The molecule has 0 amide bonds. The fourth-order valence-electron chi connectivity index (χ4n) is 3.84. The first-order valence-corrected chi connectivity index (χ1v) is 8.17. The van der Waals surface area contributed by atoms with E-state index in [9.17, 15) is 5.11 Å². The van der Waals surface area contributed by atoms with E-state index in [1.807, 2.05) is 0 Å². The van der Waals surface area contributed by atoms with Crippen LogP contribution in [0.1, 0.15) is 37.7 Å². The highest BCUT2D eigenvalue weighted by atomic mass is 79.9. The molecule has 0 bridgehead atoms. The van der Waals surface area contributed by atoms with Crippen LogP contribution in [0, 0.1) is 5.92 Å². The number of hydrogen-bond acceptors (Lipinski definition) is 2. The van der Waals surface area contributed by atoms with Crippen LogP contribution < -0.4 is 5.32 Å². The van der Waals surface area contributed by atoms with Crippen molar-refractivity contribution >= 4 is 15.9 Å². The van der Waals surface area contributed by atoms with Gasteiger partial charge in [0.05, 0.1) is 5.60 Å². The number of hydrogen-bond donors (Lipinski definition) is 2. The minimum absolute atomic E-state index is 0.399. The third-order valence-electron chi connectivity index (χ3n) is 4.88. The maximum Gasteiger partial charge on any atom is 0.0702 e. The molecule has 19 heavy (non-hydrogen) atoms. The monoisotopic (exact) mass is 323 g/mol. The number of piperidine rings is 1. The Morgan fingerprint density at radius 2 is 2.00 bits per heavy atom. The van der Waals surface area contributed by atoms with E-state index in [1.165, 1.54) is 24.8 Å². The lowest BCUT2D eigenvalue weighted by molar-refractivity contribution is -0.0850. The van der Waals surface area contributed by atoms with Crippen LogP contribution in [0.2, 0.25) is 0 Å². The van der Waals surface area contributed by atoms with Crippen LogP contribution in [0.15, 0.2) is 28.7 Å². The molecule has 2 nitrogen and oxygen atoms in total. The lowest BCUT2D eigenvalue weighted by Gasteiger charge is -2.48. The molecule has 0 aromatic heterocycles. The smallest absolute Gasteiger partial charge is 0.0702 e. The van der Waals surface area contributed by atoms with Crippen molar-refractivity contribution in [3.8, 4) is 0 Å².